The Morgan fingerprint density at radius 1 is 1.18 bits per heavy atom. The smallest absolute Gasteiger partial charge is 0.475 e. The van der Waals surface area contributed by atoms with Crippen LogP contribution in [0, 0.1) is 5.41 Å². The van der Waals surface area contributed by atoms with E-state index in [0.717, 1.165) is 17.0 Å². The second-order valence-electron chi connectivity index (χ2n) is 9.69. The molecular weight excluding hydrogens is 596 g/mol. The maximum Gasteiger partial charge on any atom is 0.490 e. The molecule has 5 N–H and O–H groups in total. The number of hydrogen-bond acceptors (Lipinski definition) is 7. The zero-order chi connectivity index (χ0) is 29.9. The van der Waals surface area contributed by atoms with Gasteiger partial charge in [-0.3, -0.25) is 4.40 Å². The summed E-state index contributed by atoms with van der Waals surface area (Å²) in [5.74, 6) is -3.16. The third-order valence-corrected chi connectivity index (χ3v) is 8.87. The highest BCUT2D eigenvalue weighted by Gasteiger charge is 2.61. The first-order valence-electron chi connectivity index (χ1n) is 11.3. The van der Waals surface area contributed by atoms with Crippen LogP contribution in [0.2, 0.25) is 5.02 Å². The van der Waals surface area contributed by atoms with Gasteiger partial charge in [0.1, 0.15) is 4.90 Å². The third kappa shape index (κ3) is 5.55. The van der Waals surface area contributed by atoms with Crippen molar-refractivity contribution in [1.82, 2.24) is 19.1 Å². The molecular formula is C22H20ClF6N5O5S. The van der Waals surface area contributed by atoms with Gasteiger partial charge in [0.2, 0.25) is 10.0 Å². The molecule has 0 amide bonds. The van der Waals surface area contributed by atoms with Crippen LogP contribution >= 0.6 is 11.6 Å². The molecule has 2 heterocycles. The lowest BCUT2D eigenvalue weighted by Crippen LogP contribution is -2.56. The summed E-state index contributed by atoms with van der Waals surface area (Å²) in [4.78, 5) is 16.1. The highest BCUT2D eigenvalue weighted by atomic mass is 35.5. The van der Waals surface area contributed by atoms with Crippen molar-refractivity contribution in [3.05, 3.63) is 41.3 Å². The molecule has 218 valence electrons. The van der Waals surface area contributed by atoms with E-state index in [9.17, 15) is 39.9 Å². The summed E-state index contributed by atoms with van der Waals surface area (Å²) in [5.41, 5.74) is 4.10. The summed E-state index contributed by atoms with van der Waals surface area (Å²) in [7, 11) is -4.05. The van der Waals surface area contributed by atoms with Gasteiger partial charge in [-0.1, -0.05) is 17.7 Å². The monoisotopic (exact) mass is 615 g/mol. The quantitative estimate of drug-likeness (QED) is 0.315. The number of nitrogens with zero attached hydrogens (tertiary/aromatic N) is 3. The Kier molecular flexibility index (Phi) is 7.26. The van der Waals surface area contributed by atoms with Gasteiger partial charge in [0.05, 0.1) is 16.9 Å². The van der Waals surface area contributed by atoms with Crippen LogP contribution in [-0.2, 0) is 21.0 Å². The van der Waals surface area contributed by atoms with Crippen molar-refractivity contribution in [3.63, 3.8) is 0 Å². The molecule has 1 aromatic carbocycles. The van der Waals surface area contributed by atoms with Gasteiger partial charge >= 0.3 is 18.3 Å². The van der Waals surface area contributed by atoms with Crippen molar-refractivity contribution in [2.45, 2.75) is 48.5 Å². The SMILES string of the molecule is Nc1nc(C(F)(F)F)cn2c(-c3ccc(Cl)c(S(=O)(=O)NC45CCC(CO)(C4)C5)c3)cnc12.O=C(O)C(F)(F)F. The zero-order valence-electron chi connectivity index (χ0n) is 20.0. The van der Waals surface area contributed by atoms with Crippen LogP contribution in [0.15, 0.2) is 35.5 Å². The number of alkyl halides is 6. The largest absolute Gasteiger partial charge is 0.490 e. The summed E-state index contributed by atoms with van der Waals surface area (Å²) < 4.78 is 102. The normalized spacial score (nSPS) is 22.5. The number of sulfonamides is 1. The van der Waals surface area contributed by atoms with Crippen LogP contribution in [0.1, 0.15) is 31.4 Å². The molecule has 3 aliphatic carbocycles. The number of aliphatic hydroxyl groups is 1. The number of carbonyl (C=O) groups is 1. The van der Waals surface area contributed by atoms with Crippen LogP contribution in [0.4, 0.5) is 32.2 Å². The van der Waals surface area contributed by atoms with E-state index in [0.29, 0.717) is 19.3 Å². The lowest BCUT2D eigenvalue weighted by Gasteiger charge is -2.46. The third-order valence-electron chi connectivity index (χ3n) is 6.81. The van der Waals surface area contributed by atoms with E-state index in [-0.39, 0.29) is 38.8 Å². The van der Waals surface area contributed by atoms with E-state index in [1.54, 1.807) is 0 Å². The molecule has 0 aliphatic heterocycles. The highest BCUT2D eigenvalue weighted by molar-refractivity contribution is 7.89. The Hall–Kier alpha value is -3.15. The first kappa shape index (κ1) is 29.8. The predicted octanol–water partition coefficient (Wildman–Crippen LogP) is 3.87. The molecule has 18 heteroatoms. The minimum Gasteiger partial charge on any atom is -0.475 e. The number of rotatable bonds is 5. The fraction of sp³-hybridized carbons (Fsp3) is 0.409. The van der Waals surface area contributed by atoms with Crippen LogP contribution in [0.25, 0.3) is 16.9 Å². The molecule has 2 bridgehead atoms. The number of carboxylic acids is 1. The number of anilines is 1. The number of nitrogens with two attached hydrogens (primary N) is 1. The lowest BCUT2D eigenvalue weighted by atomic mass is 9.66. The van der Waals surface area contributed by atoms with Crippen LogP contribution in [0.3, 0.4) is 0 Å². The van der Waals surface area contributed by atoms with Crippen LogP contribution in [-0.4, -0.2) is 57.3 Å². The molecule has 6 rings (SSSR count). The number of aliphatic carboxylic acids is 1. The molecule has 0 spiro atoms. The summed E-state index contributed by atoms with van der Waals surface area (Å²) in [6.45, 7) is 0.0128. The van der Waals surface area contributed by atoms with Crippen LogP contribution in [0.5, 0.6) is 0 Å². The van der Waals surface area contributed by atoms with Crippen molar-refractivity contribution in [1.29, 1.82) is 0 Å². The van der Waals surface area contributed by atoms with Crippen molar-refractivity contribution in [2.24, 2.45) is 5.41 Å². The van der Waals surface area contributed by atoms with Gasteiger partial charge in [-0.25, -0.2) is 27.9 Å². The van der Waals surface area contributed by atoms with Crippen molar-refractivity contribution in [2.75, 3.05) is 12.3 Å². The Labute approximate surface area is 226 Å². The van der Waals surface area contributed by atoms with E-state index in [1.807, 2.05) is 0 Å². The minimum atomic E-state index is -5.08. The Balaban J connectivity index is 0.000000470. The molecule has 2 aromatic heterocycles. The summed E-state index contributed by atoms with van der Waals surface area (Å²) >= 11 is 6.21. The van der Waals surface area contributed by atoms with Gasteiger partial charge in [-0.15, -0.1) is 0 Å². The Bertz CT molecular complexity index is 1590. The number of aromatic nitrogens is 3. The zero-order valence-corrected chi connectivity index (χ0v) is 21.6. The fourth-order valence-corrected chi connectivity index (χ4v) is 7.08. The summed E-state index contributed by atoms with van der Waals surface area (Å²) in [6, 6.07) is 4.15. The highest BCUT2D eigenvalue weighted by Crippen LogP contribution is 2.61. The summed E-state index contributed by atoms with van der Waals surface area (Å²) in [5, 5.41) is 16.7. The number of nitrogens with one attached hydrogen (secondary N) is 1. The number of carboxylic acid groups (broad SMARTS) is 1. The number of nitrogen functional groups attached to an aromatic ring is 1. The number of halogens is 7. The molecule has 0 radical (unpaired) electrons. The average Bonchev–Trinajstić information content (AvgIpc) is 3.50. The first-order chi connectivity index (χ1) is 18.3. The molecule has 0 atom stereocenters. The lowest BCUT2D eigenvalue weighted by molar-refractivity contribution is -0.192. The van der Waals surface area contributed by atoms with E-state index >= 15 is 0 Å². The fourth-order valence-electron chi connectivity index (χ4n) is 5.13. The molecule has 3 aliphatic rings. The topological polar surface area (TPSA) is 160 Å². The van der Waals surface area contributed by atoms with Crippen molar-refractivity contribution in [3.8, 4) is 11.3 Å². The van der Waals surface area contributed by atoms with E-state index in [2.05, 4.69) is 14.7 Å². The molecule has 10 nitrogen and oxygen atoms in total. The number of imidazole rings is 1. The number of fused-ring (bicyclic) bond motifs is 2. The first-order valence-corrected chi connectivity index (χ1v) is 13.1. The van der Waals surface area contributed by atoms with Gasteiger partial charge in [0, 0.05) is 23.9 Å². The second-order valence-corrected chi connectivity index (χ2v) is 11.7. The Morgan fingerprint density at radius 3 is 2.33 bits per heavy atom. The Morgan fingerprint density at radius 2 is 1.80 bits per heavy atom. The minimum absolute atomic E-state index is 0.00939. The van der Waals surface area contributed by atoms with Crippen molar-refractivity contribution >= 4 is 39.1 Å². The van der Waals surface area contributed by atoms with E-state index in [4.69, 9.17) is 27.2 Å². The molecule has 40 heavy (non-hydrogen) atoms. The number of benzene rings is 1. The molecule has 3 fully saturated rings. The van der Waals surface area contributed by atoms with E-state index in [1.165, 1.54) is 24.4 Å². The molecule has 0 saturated heterocycles. The van der Waals surface area contributed by atoms with Gasteiger partial charge in [0.15, 0.2) is 17.2 Å². The molecule has 3 aromatic rings. The number of hydrogen-bond donors (Lipinski definition) is 4. The van der Waals surface area contributed by atoms with E-state index < -0.39 is 45.4 Å². The van der Waals surface area contributed by atoms with Gasteiger partial charge in [-0.2, -0.15) is 26.3 Å². The maximum atomic E-state index is 13.2. The number of aliphatic hydroxyl groups excluding tert-OH is 1. The standard InChI is InChI=1S/C20H19ClF3N5O3S.C2HF3O2/c21-12-2-1-11(13-6-26-17-16(25)27-15(7-29(13)17)20(22,23)24)5-14(12)33(31,32)28-19-4-3-18(8-19,9-19)10-30;3-2(4,5)1(6)7/h1-2,5-7,28,30H,3-4,8-10H2,(H2,25,27);(H,6,7). The summed E-state index contributed by atoms with van der Waals surface area (Å²) in [6.07, 6.45) is -5.31. The maximum absolute atomic E-state index is 13.2. The van der Waals surface area contributed by atoms with Gasteiger partial charge < -0.3 is 15.9 Å². The molecule has 3 saturated carbocycles. The van der Waals surface area contributed by atoms with Gasteiger partial charge in [0.25, 0.3) is 0 Å². The molecule has 0 unspecified atom stereocenters. The van der Waals surface area contributed by atoms with Crippen LogP contribution < -0.4 is 10.5 Å². The van der Waals surface area contributed by atoms with Gasteiger partial charge in [-0.05, 0) is 43.2 Å². The van der Waals surface area contributed by atoms with Crippen molar-refractivity contribution < 1.29 is 49.8 Å². The predicted molar refractivity (Wildman–Crippen MR) is 128 cm³/mol. The average molecular weight is 616 g/mol. The second kappa shape index (κ2) is 9.74.